The van der Waals surface area contributed by atoms with Crippen molar-refractivity contribution in [3.8, 4) is 5.75 Å². The van der Waals surface area contributed by atoms with Crippen molar-refractivity contribution < 1.29 is 9.84 Å². The van der Waals surface area contributed by atoms with Crippen LogP contribution in [-0.4, -0.2) is 60.8 Å². The van der Waals surface area contributed by atoms with Gasteiger partial charge in [0, 0.05) is 39.3 Å². The molecule has 0 bridgehead atoms. The summed E-state index contributed by atoms with van der Waals surface area (Å²) < 4.78 is 5.25. The molecule has 1 aromatic carbocycles. The summed E-state index contributed by atoms with van der Waals surface area (Å²) in [6, 6.07) is 8.40. The van der Waals surface area contributed by atoms with E-state index in [2.05, 4.69) is 28.9 Å². The summed E-state index contributed by atoms with van der Waals surface area (Å²) in [6.45, 7) is 8.42. The van der Waals surface area contributed by atoms with E-state index in [0.29, 0.717) is 0 Å². The van der Waals surface area contributed by atoms with Crippen LogP contribution in [-0.2, 0) is 6.54 Å². The van der Waals surface area contributed by atoms with Gasteiger partial charge >= 0.3 is 0 Å². The lowest BCUT2D eigenvalue weighted by atomic mass is 10.0. The van der Waals surface area contributed by atoms with Crippen LogP contribution in [0.4, 0.5) is 0 Å². The molecule has 0 amide bonds. The van der Waals surface area contributed by atoms with Crippen LogP contribution in [0.3, 0.4) is 0 Å². The Balaban J connectivity index is 1.36. The van der Waals surface area contributed by atoms with Crippen LogP contribution in [0.2, 0.25) is 0 Å². The number of nitrogens with zero attached hydrogens (tertiary/aromatic N) is 2. The Bertz CT molecular complexity index is 599. The second-order valence-electron chi connectivity index (χ2n) is 10.8. The van der Waals surface area contributed by atoms with Crippen molar-refractivity contribution in [2.75, 3.05) is 39.8 Å². The number of aliphatic hydroxyl groups is 1. The van der Waals surface area contributed by atoms with E-state index in [1.54, 1.807) is 7.11 Å². The van der Waals surface area contributed by atoms with Crippen molar-refractivity contribution in [1.29, 1.82) is 0 Å². The number of methoxy groups -OCH3 is 1. The molecular weight excluding hydrogens is 432 g/mol. The van der Waals surface area contributed by atoms with Gasteiger partial charge in [-0.05, 0) is 24.1 Å². The number of hydrogen-bond acceptors (Lipinski definition) is 4. The summed E-state index contributed by atoms with van der Waals surface area (Å²) in [5.74, 6) is 0.918. The Morgan fingerprint density at radius 2 is 1.14 bits per heavy atom. The normalized spacial score (nSPS) is 16.0. The van der Waals surface area contributed by atoms with Crippen LogP contribution in [0.5, 0.6) is 5.75 Å². The molecule has 1 fully saturated rings. The van der Waals surface area contributed by atoms with Crippen molar-refractivity contribution in [2.24, 2.45) is 0 Å². The van der Waals surface area contributed by atoms with Gasteiger partial charge in [-0.3, -0.25) is 9.80 Å². The first-order valence-corrected chi connectivity index (χ1v) is 15.0. The van der Waals surface area contributed by atoms with Crippen LogP contribution in [0.15, 0.2) is 24.3 Å². The first kappa shape index (κ1) is 30.1. The second-order valence-corrected chi connectivity index (χ2v) is 10.8. The lowest BCUT2D eigenvalue weighted by Gasteiger charge is -2.35. The van der Waals surface area contributed by atoms with E-state index in [1.807, 2.05) is 12.1 Å². The predicted molar refractivity (Wildman–Crippen MR) is 150 cm³/mol. The molecule has 4 nitrogen and oxygen atoms in total. The molecule has 1 aromatic rings. The lowest BCUT2D eigenvalue weighted by Crippen LogP contribution is -2.48. The van der Waals surface area contributed by atoms with Gasteiger partial charge in [0.05, 0.1) is 13.2 Å². The van der Waals surface area contributed by atoms with Gasteiger partial charge in [-0.15, -0.1) is 0 Å². The van der Waals surface area contributed by atoms with Crippen molar-refractivity contribution in [3.05, 3.63) is 29.8 Å². The van der Waals surface area contributed by atoms with Gasteiger partial charge in [-0.25, -0.2) is 0 Å². The van der Waals surface area contributed by atoms with E-state index >= 15 is 0 Å². The summed E-state index contributed by atoms with van der Waals surface area (Å²) in [4.78, 5) is 4.96. The zero-order valence-corrected chi connectivity index (χ0v) is 23.2. The Kier molecular flexibility index (Phi) is 17.2. The smallest absolute Gasteiger partial charge is 0.118 e. The van der Waals surface area contributed by atoms with E-state index in [-0.39, 0.29) is 6.10 Å². The number of β-amino-alcohol motifs (C(OH)–C–C–N with tert-alkyl or cyclic N) is 1. The van der Waals surface area contributed by atoms with E-state index < -0.39 is 0 Å². The van der Waals surface area contributed by atoms with Gasteiger partial charge < -0.3 is 9.84 Å². The molecule has 0 spiro atoms. The maximum Gasteiger partial charge on any atom is 0.118 e. The van der Waals surface area contributed by atoms with Crippen molar-refractivity contribution in [3.63, 3.8) is 0 Å². The minimum absolute atomic E-state index is 0.162. The Morgan fingerprint density at radius 1 is 0.686 bits per heavy atom. The fourth-order valence-corrected chi connectivity index (χ4v) is 5.26. The molecule has 1 unspecified atom stereocenters. The quantitative estimate of drug-likeness (QED) is 0.182. The summed E-state index contributed by atoms with van der Waals surface area (Å²) in [7, 11) is 1.71. The van der Waals surface area contributed by atoms with Crippen molar-refractivity contribution in [1.82, 2.24) is 9.80 Å². The van der Waals surface area contributed by atoms with E-state index in [0.717, 1.165) is 51.4 Å². The van der Waals surface area contributed by atoms with Gasteiger partial charge in [0.25, 0.3) is 0 Å². The molecule has 1 atom stereocenters. The molecule has 0 radical (unpaired) electrons. The molecule has 4 heteroatoms. The fraction of sp³-hybridized carbons (Fsp3) is 0.806. The highest BCUT2D eigenvalue weighted by molar-refractivity contribution is 5.27. The van der Waals surface area contributed by atoms with Gasteiger partial charge in [-0.2, -0.15) is 0 Å². The highest BCUT2D eigenvalue weighted by atomic mass is 16.5. The fourth-order valence-electron chi connectivity index (χ4n) is 5.26. The maximum atomic E-state index is 10.5. The van der Waals surface area contributed by atoms with Gasteiger partial charge in [0.1, 0.15) is 5.75 Å². The first-order valence-electron chi connectivity index (χ1n) is 15.0. The zero-order chi connectivity index (χ0) is 25.0. The minimum atomic E-state index is -0.162. The van der Waals surface area contributed by atoms with Crippen LogP contribution in [0, 0.1) is 0 Å². The Morgan fingerprint density at radius 3 is 1.63 bits per heavy atom. The molecule has 0 aliphatic carbocycles. The molecular formula is C31H56N2O2. The maximum absolute atomic E-state index is 10.5. The van der Waals surface area contributed by atoms with E-state index in [9.17, 15) is 5.11 Å². The monoisotopic (exact) mass is 488 g/mol. The Labute approximate surface area is 217 Å². The first-order chi connectivity index (χ1) is 17.2. The van der Waals surface area contributed by atoms with E-state index in [4.69, 9.17) is 4.74 Å². The predicted octanol–water partition coefficient (Wildman–Crippen LogP) is 7.44. The molecule has 1 heterocycles. The summed E-state index contributed by atoms with van der Waals surface area (Å²) in [5, 5.41) is 10.5. The molecule has 0 aromatic heterocycles. The molecule has 0 saturated carbocycles. The average Bonchev–Trinajstić information content (AvgIpc) is 2.88. The number of benzene rings is 1. The summed E-state index contributed by atoms with van der Waals surface area (Å²) in [6.07, 6.45) is 21.7. The third kappa shape index (κ3) is 14.9. The topological polar surface area (TPSA) is 35.9 Å². The number of rotatable bonds is 21. The van der Waals surface area contributed by atoms with Crippen molar-refractivity contribution >= 4 is 0 Å². The number of unbranched alkanes of at least 4 members (excludes halogenated alkanes) is 14. The van der Waals surface area contributed by atoms with Crippen molar-refractivity contribution in [2.45, 2.75) is 122 Å². The largest absolute Gasteiger partial charge is 0.497 e. The van der Waals surface area contributed by atoms with Gasteiger partial charge in [0.15, 0.2) is 0 Å². The number of piperazine rings is 1. The third-order valence-corrected chi connectivity index (χ3v) is 7.64. The molecule has 2 rings (SSSR count). The van der Waals surface area contributed by atoms with Crippen LogP contribution < -0.4 is 4.74 Å². The van der Waals surface area contributed by atoms with Crippen LogP contribution >= 0.6 is 0 Å². The number of ether oxygens (including phenoxy) is 1. The van der Waals surface area contributed by atoms with Gasteiger partial charge in [-0.1, -0.05) is 115 Å². The number of hydrogen-bond donors (Lipinski definition) is 1. The molecule has 1 N–H and O–H groups in total. The highest BCUT2D eigenvalue weighted by Crippen LogP contribution is 2.16. The number of aliphatic hydroxyl groups excluding tert-OH is 1. The molecule has 1 saturated heterocycles. The molecule has 1 aliphatic rings. The molecule has 1 aliphatic heterocycles. The standard InChI is InChI=1S/C31H56N2O2/c1-3-4-5-6-7-8-9-10-11-12-13-14-15-16-17-18-30(34)28-33-25-23-32(24-26-33)27-29-19-21-31(35-2)22-20-29/h19-22,30,34H,3-18,23-28H2,1-2H3. The lowest BCUT2D eigenvalue weighted by molar-refractivity contribution is 0.0651. The molecule has 202 valence electrons. The van der Waals surface area contributed by atoms with Gasteiger partial charge in [0.2, 0.25) is 0 Å². The second kappa shape index (κ2) is 20.0. The molecule has 35 heavy (non-hydrogen) atoms. The van der Waals surface area contributed by atoms with E-state index in [1.165, 1.54) is 102 Å². The third-order valence-electron chi connectivity index (χ3n) is 7.64. The summed E-state index contributed by atoms with van der Waals surface area (Å²) in [5.41, 5.74) is 1.34. The minimum Gasteiger partial charge on any atom is -0.497 e. The highest BCUT2D eigenvalue weighted by Gasteiger charge is 2.19. The van der Waals surface area contributed by atoms with Crippen LogP contribution in [0.1, 0.15) is 115 Å². The zero-order valence-electron chi connectivity index (χ0n) is 23.2. The average molecular weight is 489 g/mol. The SMILES string of the molecule is CCCCCCCCCCCCCCCCCC(O)CN1CCN(Cc2ccc(OC)cc2)CC1. The Hall–Kier alpha value is -1.10. The van der Waals surface area contributed by atoms with Crippen LogP contribution in [0.25, 0.3) is 0 Å². The summed E-state index contributed by atoms with van der Waals surface area (Å²) >= 11 is 0.